The van der Waals surface area contributed by atoms with Gasteiger partial charge in [0.25, 0.3) is 0 Å². The van der Waals surface area contributed by atoms with Gasteiger partial charge in [-0.25, -0.2) is 0 Å². The monoisotopic (exact) mass is 444 g/mol. The fourth-order valence-corrected chi connectivity index (χ4v) is 6.08. The molecule has 1 N–H and O–H groups in total. The van der Waals surface area contributed by atoms with Gasteiger partial charge in [0.1, 0.15) is 0 Å². The van der Waals surface area contributed by atoms with Crippen molar-refractivity contribution in [1.82, 2.24) is 19.8 Å². The van der Waals surface area contributed by atoms with Crippen molar-refractivity contribution >= 4 is 17.3 Å². The number of aryl methyl sites for hydroxylation is 3. The zero-order valence-electron chi connectivity index (χ0n) is 19.4. The minimum absolute atomic E-state index is 0.0526. The zero-order chi connectivity index (χ0) is 22.4. The van der Waals surface area contributed by atoms with E-state index in [0.29, 0.717) is 6.04 Å². The minimum Gasteiger partial charge on any atom is -0.352 e. The average molecular weight is 445 g/mol. The SMILES string of the molecule is Cc1ccc(C)c(-n2c(C)cc(C3C(c4ccccn4)NC(=S)N3C3CCCC3)c2C)c1. The quantitative estimate of drug-likeness (QED) is 0.499. The number of benzene rings is 1. The van der Waals surface area contributed by atoms with E-state index in [0.717, 1.165) is 10.8 Å². The van der Waals surface area contributed by atoms with Crippen molar-refractivity contribution in [1.29, 1.82) is 0 Å². The molecule has 5 rings (SSSR count). The van der Waals surface area contributed by atoms with Crippen LogP contribution in [0.2, 0.25) is 0 Å². The number of hydrogen-bond donors (Lipinski definition) is 1. The molecular weight excluding hydrogens is 412 g/mol. The van der Waals surface area contributed by atoms with Crippen LogP contribution in [0.3, 0.4) is 0 Å². The lowest BCUT2D eigenvalue weighted by Gasteiger charge is -2.33. The van der Waals surface area contributed by atoms with Gasteiger partial charge >= 0.3 is 0 Å². The third-order valence-electron chi connectivity index (χ3n) is 7.25. The molecule has 2 aromatic heterocycles. The minimum atomic E-state index is 0.0526. The lowest BCUT2D eigenvalue weighted by atomic mass is 9.95. The number of rotatable bonds is 4. The highest BCUT2D eigenvalue weighted by atomic mass is 32.1. The van der Waals surface area contributed by atoms with Crippen molar-refractivity contribution in [2.45, 2.75) is 71.5 Å². The summed E-state index contributed by atoms with van der Waals surface area (Å²) in [5.74, 6) is 0. The Labute approximate surface area is 196 Å². The van der Waals surface area contributed by atoms with Gasteiger partial charge in [-0.05, 0) is 93.7 Å². The summed E-state index contributed by atoms with van der Waals surface area (Å²) >= 11 is 5.93. The van der Waals surface area contributed by atoms with Gasteiger partial charge in [0.05, 0.1) is 17.8 Å². The number of nitrogens with one attached hydrogen (secondary N) is 1. The van der Waals surface area contributed by atoms with Gasteiger partial charge in [0.2, 0.25) is 0 Å². The normalized spacial score (nSPS) is 21.4. The van der Waals surface area contributed by atoms with E-state index >= 15 is 0 Å². The molecule has 0 amide bonds. The van der Waals surface area contributed by atoms with E-state index in [-0.39, 0.29) is 12.1 Å². The van der Waals surface area contributed by atoms with E-state index in [2.05, 4.69) is 78.9 Å². The molecule has 2 atom stereocenters. The Balaban J connectivity index is 1.66. The third kappa shape index (κ3) is 3.53. The van der Waals surface area contributed by atoms with Crippen LogP contribution in [0.4, 0.5) is 0 Å². The summed E-state index contributed by atoms with van der Waals surface area (Å²) in [6, 6.07) is 15.9. The van der Waals surface area contributed by atoms with Crippen LogP contribution in [0.5, 0.6) is 0 Å². The Morgan fingerprint density at radius 3 is 2.50 bits per heavy atom. The van der Waals surface area contributed by atoms with Crippen molar-refractivity contribution in [3.63, 3.8) is 0 Å². The molecule has 2 aliphatic rings. The van der Waals surface area contributed by atoms with Crippen LogP contribution in [0.15, 0.2) is 48.7 Å². The van der Waals surface area contributed by atoms with E-state index < -0.39 is 0 Å². The van der Waals surface area contributed by atoms with Crippen LogP contribution < -0.4 is 5.32 Å². The first kappa shape index (κ1) is 21.2. The smallest absolute Gasteiger partial charge is 0.170 e. The Morgan fingerprint density at radius 2 is 1.78 bits per heavy atom. The number of pyridine rings is 1. The van der Waals surface area contributed by atoms with Gasteiger partial charge in [-0.15, -0.1) is 0 Å². The molecular formula is C27H32N4S. The topological polar surface area (TPSA) is 33.1 Å². The van der Waals surface area contributed by atoms with Crippen molar-refractivity contribution in [2.24, 2.45) is 0 Å². The Morgan fingerprint density at radius 1 is 1.00 bits per heavy atom. The molecule has 1 aliphatic carbocycles. The molecule has 0 radical (unpaired) electrons. The van der Waals surface area contributed by atoms with Gasteiger partial charge in [0.15, 0.2) is 5.11 Å². The summed E-state index contributed by atoms with van der Waals surface area (Å²) < 4.78 is 2.42. The summed E-state index contributed by atoms with van der Waals surface area (Å²) in [4.78, 5) is 7.22. The van der Waals surface area contributed by atoms with E-state index in [1.54, 1.807) is 0 Å². The number of aromatic nitrogens is 2. The van der Waals surface area contributed by atoms with Gasteiger partial charge in [-0.3, -0.25) is 4.98 Å². The maximum atomic E-state index is 5.93. The van der Waals surface area contributed by atoms with Crippen LogP contribution in [0.25, 0.3) is 5.69 Å². The second-order valence-corrected chi connectivity index (χ2v) is 9.81. The standard InChI is InChI=1S/C27H32N4S/c1-17-12-13-18(2)24(15-17)30-19(3)16-22(20(30)4)26-25(23-11-7-8-14-28-23)29-27(32)31(26)21-9-5-6-10-21/h7-8,11-16,21,25-26H,5-6,9-10H2,1-4H3,(H,29,32). The molecule has 1 saturated heterocycles. The molecule has 0 spiro atoms. The summed E-state index contributed by atoms with van der Waals surface area (Å²) in [6.07, 6.45) is 6.87. The summed E-state index contributed by atoms with van der Waals surface area (Å²) in [5.41, 5.74) is 8.78. The number of thiocarbonyl (C=S) groups is 1. The number of nitrogens with zero attached hydrogens (tertiary/aromatic N) is 3. The average Bonchev–Trinajstić information content (AvgIpc) is 3.49. The van der Waals surface area contributed by atoms with Crippen LogP contribution in [0, 0.1) is 27.7 Å². The van der Waals surface area contributed by atoms with Crippen molar-refractivity contribution < 1.29 is 0 Å². The van der Waals surface area contributed by atoms with E-state index in [1.165, 1.54) is 59.4 Å². The molecule has 3 aromatic rings. The lowest BCUT2D eigenvalue weighted by molar-refractivity contribution is 0.245. The van der Waals surface area contributed by atoms with E-state index in [1.807, 2.05) is 12.3 Å². The molecule has 2 fully saturated rings. The van der Waals surface area contributed by atoms with E-state index in [4.69, 9.17) is 17.2 Å². The maximum Gasteiger partial charge on any atom is 0.170 e. The van der Waals surface area contributed by atoms with Crippen LogP contribution in [-0.2, 0) is 0 Å². The molecule has 3 heterocycles. The van der Waals surface area contributed by atoms with Crippen LogP contribution in [-0.4, -0.2) is 25.6 Å². The molecule has 166 valence electrons. The molecule has 1 saturated carbocycles. The van der Waals surface area contributed by atoms with E-state index in [9.17, 15) is 0 Å². The number of hydrogen-bond acceptors (Lipinski definition) is 2. The third-order valence-corrected chi connectivity index (χ3v) is 7.58. The van der Waals surface area contributed by atoms with Crippen LogP contribution >= 0.6 is 12.2 Å². The van der Waals surface area contributed by atoms with Gasteiger partial charge < -0.3 is 14.8 Å². The first-order chi connectivity index (χ1) is 15.5. The molecule has 2 unspecified atom stereocenters. The summed E-state index contributed by atoms with van der Waals surface area (Å²) in [7, 11) is 0. The van der Waals surface area contributed by atoms with Crippen LogP contribution in [0.1, 0.15) is 71.5 Å². The van der Waals surface area contributed by atoms with Gasteiger partial charge in [0, 0.05) is 29.3 Å². The molecule has 32 heavy (non-hydrogen) atoms. The summed E-state index contributed by atoms with van der Waals surface area (Å²) in [5, 5.41) is 4.52. The highest BCUT2D eigenvalue weighted by Crippen LogP contribution is 2.44. The molecule has 4 nitrogen and oxygen atoms in total. The Hall–Kier alpha value is -2.66. The van der Waals surface area contributed by atoms with Gasteiger partial charge in [-0.2, -0.15) is 0 Å². The Bertz CT molecular complexity index is 1140. The molecule has 1 aromatic carbocycles. The van der Waals surface area contributed by atoms with Crippen molar-refractivity contribution in [2.75, 3.05) is 0 Å². The Kier molecular flexibility index (Phi) is 5.54. The predicted molar refractivity (Wildman–Crippen MR) is 134 cm³/mol. The predicted octanol–water partition coefficient (Wildman–Crippen LogP) is 6.02. The maximum absolute atomic E-state index is 5.93. The fourth-order valence-electron chi connectivity index (χ4n) is 5.69. The summed E-state index contributed by atoms with van der Waals surface area (Å²) in [6.45, 7) is 8.83. The highest BCUT2D eigenvalue weighted by molar-refractivity contribution is 7.80. The lowest BCUT2D eigenvalue weighted by Crippen LogP contribution is -2.37. The second-order valence-electron chi connectivity index (χ2n) is 9.42. The zero-order valence-corrected chi connectivity index (χ0v) is 20.2. The first-order valence-corrected chi connectivity index (χ1v) is 12.1. The first-order valence-electron chi connectivity index (χ1n) is 11.7. The molecule has 5 heteroatoms. The van der Waals surface area contributed by atoms with Crippen molar-refractivity contribution in [3.05, 3.63) is 82.4 Å². The largest absolute Gasteiger partial charge is 0.352 e. The molecule has 0 bridgehead atoms. The van der Waals surface area contributed by atoms with Gasteiger partial charge in [-0.1, -0.05) is 31.0 Å². The second kappa shape index (κ2) is 8.36. The highest BCUT2D eigenvalue weighted by Gasteiger charge is 2.44. The van der Waals surface area contributed by atoms with Crippen molar-refractivity contribution in [3.8, 4) is 5.69 Å². The fraction of sp³-hybridized carbons (Fsp3) is 0.407. The molecule has 1 aliphatic heterocycles.